The second-order valence-corrected chi connectivity index (χ2v) is 4.41. The van der Waals surface area contributed by atoms with E-state index in [1.165, 1.54) is 0 Å². The van der Waals surface area contributed by atoms with E-state index in [9.17, 15) is 0 Å². The van der Waals surface area contributed by atoms with Crippen LogP contribution in [0.3, 0.4) is 0 Å². The number of benzene rings is 1. The average Bonchev–Trinajstić information content (AvgIpc) is 2.78. The maximum atomic E-state index is 6.14. The average molecular weight is 250 g/mol. The van der Waals surface area contributed by atoms with Crippen LogP contribution in [0.1, 0.15) is 18.9 Å². The number of aryl methyl sites for hydroxylation is 1. The molecule has 0 amide bonds. The number of aromatic nitrogens is 2. The van der Waals surface area contributed by atoms with Crippen molar-refractivity contribution in [3.8, 4) is 11.1 Å². The number of hydrogen-bond donors (Lipinski definition) is 1. The highest BCUT2D eigenvalue weighted by Crippen LogP contribution is 2.25. The van der Waals surface area contributed by atoms with Gasteiger partial charge in [-0.3, -0.25) is 4.68 Å². The molecule has 0 aliphatic heterocycles. The summed E-state index contributed by atoms with van der Waals surface area (Å²) in [6.07, 6.45) is 4.98. The number of halogens is 1. The van der Waals surface area contributed by atoms with Gasteiger partial charge in [-0.25, -0.2) is 0 Å². The molecular weight excluding hydrogens is 234 g/mol. The molecule has 4 heteroatoms. The fourth-order valence-corrected chi connectivity index (χ4v) is 2.01. The lowest BCUT2D eigenvalue weighted by Crippen LogP contribution is -1.97. The first kappa shape index (κ1) is 12.1. The largest absolute Gasteiger partial charge is 0.326 e. The van der Waals surface area contributed by atoms with Crippen LogP contribution in [0.2, 0.25) is 5.02 Å². The molecular formula is C13H16ClN3. The standard InChI is InChI=1S/C13H16ClN3/c1-2-5-17-9-12(8-16-17)10-3-4-11(7-15)13(14)6-10/h3-4,6,8-9H,2,5,7,15H2,1H3. The molecule has 0 fully saturated rings. The Morgan fingerprint density at radius 3 is 2.82 bits per heavy atom. The van der Waals surface area contributed by atoms with Gasteiger partial charge in [0.1, 0.15) is 0 Å². The number of nitrogens with zero attached hydrogens (tertiary/aromatic N) is 2. The zero-order chi connectivity index (χ0) is 12.3. The van der Waals surface area contributed by atoms with Gasteiger partial charge in [0.2, 0.25) is 0 Å². The van der Waals surface area contributed by atoms with Gasteiger partial charge in [-0.1, -0.05) is 30.7 Å². The summed E-state index contributed by atoms with van der Waals surface area (Å²) in [4.78, 5) is 0. The normalized spacial score (nSPS) is 10.8. The minimum absolute atomic E-state index is 0.466. The molecule has 0 aliphatic rings. The van der Waals surface area contributed by atoms with E-state index in [4.69, 9.17) is 17.3 Å². The Kier molecular flexibility index (Phi) is 3.82. The van der Waals surface area contributed by atoms with Gasteiger partial charge in [0.25, 0.3) is 0 Å². The molecule has 0 unspecified atom stereocenters. The molecule has 17 heavy (non-hydrogen) atoms. The Balaban J connectivity index is 2.29. The highest BCUT2D eigenvalue weighted by Gasteiger charge is 2.04. The van der Waals surface area contributed by atoms with Crippen molar-refractivity contribution in [1.82, 2.24) is 9.78 Å². The molecule has 0 bridgehead atoms. The zero-order valence-corrected chi connectivity index (χ0v) is 10.6. The summed E-state index contributed by atoms with van der Waals surface area (Å²) in [5, 5.41) is 5.02. The topological polar surface area (TPSA) is 43.8 Å². The van der Waals surface area contributed by atoms with Crippen molar-refractivity contribution in [1.29, 1.82) is 0 Å². The van der Waals surface area contributed by atoms with Crippen LogP contribution in [0.25, 0.3) is 11.1 Å². The van der Waals surface area contributed by atoms with Crippen molar-refractivity contribution >= 4 is 11.6 Å². The van der Waals surface area contributed by atoms with Gasteiger partial charge >= 0.3 is 0 Å². The fraction of sp³-hybridized carbons (Fsp3) is 0.308. The van der Waals surface area contributed by atoms with E-state index in [1.54, 1.807) is 0 Å². The van der Waals surface area contributed by atoms with Crippen molar-refractivity contribution in [2.24, 2.45) is 5.73 Å². The molecule has 2 aromatic rings. The molecule has 0 radical (unpaired) electrons. The number of hydrogen-bond acceptors (Lipinski definition) is 2. The first-order chi connectivity index (χ1) is 8.24. The van der Waals surface area contributed by atoms with Gasteiger partial charge < -0.3 is 5.73 Å². The Hall–Kier alpha value is -1.32. The van der Waals surface area contributed by atoms with Crippen molar-refractivity contribution in [2.75, 3.05) is 0 Å². The van der Waals surface area contributed by atoms with E-state index < -0.39 is 0 Å². The van der Waals surface area contributed by atoms with E-state index in [-0.39, 0.29) is 0 Å². The van der Waals surface area contributed by atoms with Crippen molar-refractivity contribution in [3.63, 3.8) is 0 Å². The zero-order valence-electron chi connectivity index (χ0n) is 9.86. The highest BCUT2D eigenvalue weighted by molar-refractivity contribution is 6.31. The van der Waals surface area contributed by atoms with Crippen LogP contribution in [0.5, 0.6) is 0 Å². The lowest BCUT2D eigenvalue weighted by molar-refractivity contribution is 0.603. The summed E-state index contributed by atoms with van der Waals surface area (Å²) in [7, 11) is 0. The molecule has 0 saturated heterocycles. The third-order valence-corrected chi connectivity index (χ3v) is 3.04. The van der Waals surface area contributed by atoms with E-state index in [2.05, 4.69) is 12.0 Å². The maximum absolute atomic E-state index is 6.14. The smallest absolute Gasteiger partial charge is 0.0568 e. The third kappa shape index (κ3) is 2.68. The van der Waals surface area contributed by atoms with Crippen molar-refractivity contribution in [2.45, 2.75) is 26.4 Å². The summed E-state index contributed by atoms with van der Waals surface area (Å²) in [5.74, 6) is 0. The molecule has 0 spiro atoms. The minimum Gasteiger partial charge on any atom is -0.326 e. The summed E-state index contributed by atoms with van der Waals surface area (Å²) in [6.45, 7) is 3.54. The molecule has 90 valence electrons. The van der Waals surface area contributed by atoms with E-state index in [1.807, 2.05) is 35.3 Å². The highest BCUT2D eigenvalue weighted by atomic mass is 35.5. The quantitative estimate of drug-likeness (QED) is 0.905. The molecule has 0 aliphatic carbocycles. The van der Waals surface area contributed by atoms with Gasteiger partial charge in [-0.15, -0.1) is 0 Å². The monoisotopic (exact) mass is 249 g/mol. The van der Waals surface area contributed by atoms with Gasteiger partial charge in [0, 0.05) is 29.9 Å². The summed E-state index contributed by atoms with van der Waals surface area (Å²) in [6, 6.07) is 5.94. The lowest BCUT2D eigenvalue weighted by atomic mass is 10.1. The number of nitrogens with two attached hydrogens (primary N) is 1. The molecule has 3 nitrogen and oxygen atoms in total. The second-order valence-electron chi connectivity index (χ2n) is 4.00. The lowest BCUT2D eigenvalue weighted by Gasteiger charge is -2.03. The SMILES string of the molecule is CCCn1cc(-c2ccc(CN)c(Cl)c2)cn1. The Morgan fingerprint density at radius 1 is 1.35 bits per heavy atom. The molecule has 0 atom stereocenters. The van der Waals surface area contributed by atoms with Crippen LogP contribution >= 0.6 is 11.6 Å². The minimum atomic E-state index is 0.466. The van der Waals surface area contributed by atoms with Gasteiger partial charge in [0.05, 0.1) is 6.20 Å². The summed E-state index contributed by atoms with van der Waals surface area (Å²) < 4.78 is 1.94. The van der Waals surface area contributed by atoms with E-state index >= 15 is 0 Å². The molecule has 1 heterocycles. The fourth-order valence-electron chi connectivity index (χ4n) is 1.76. The summed E-state index contributed by atoms with van der Waals surface area (Å²) >= 11 is 6.14. The molecule has 0 saturated carbocycles. The Labute approximate surface area is 106 Å². The van der Waals surface area contributed by atoms with Crippen LogP contribution < -0.4 is 5.73 Å². The Morgan fingerprint density at radius 2 is 2.18 bits per heavy atom. The predicted octanol–water partition coefficient (Wildman–Crippen LogP) is 3.07. The van der Waals surface area contributed by atoms with Crippen LogP contribution in [0.4, 0.5) is 0 Å². The van der Waals surface area contributed by atoms with Crippen LogP contribution in [-0.2, 0) is 13.1 Å². The van der Waals surface area contributed by atoms with Crippen LogP contribution in [0, 0.1) is 0 Å². The maximum Gasteiger partial charge on any atom is 0.0568 e. The van der Waals surface area contributed by atoms with Gasteiger partial charge in [-0.05, 0) is 23.6 Å². The van der Waals surface area contributed by atoms with E-state index in [0.717, 1.165) is 29.7 Å². The molecule has 2 rings (SSSR count). The van der Waals surface area contributed by atoms with Gasteiger partial charge in [-0.2, -0.15) is 5.10 Å². The number of rotatable bonds is 4. The molecule has 2 N–H and O–H groups in total. The van der Waals surface area contributed by atoms with Crippen molar-refractivity contribution < 1.29 is 0 Å². The van der Waals surface area contributed by atoms with Crippen LogP contribution in [-0.4, -0.2) is 9.78 Å². The summed E-state index contributed by atoms with van der Waals surface area (Å²) in [5.41, 5.74) is 8.72. The second kappa shape index (κ2) is 5.34. The van der Waals surface area contributed by atoms with Crippen molar-refractivity contribution in [3.05, 3.63) is 41.2 Å². The molecule has 1 aromatic carbocycles. The first-order valence-electron chi connectivity index (χ1n) is 5.76. The van der Waals surface area contributed by atoms with Gasteiger partial charge in [0.15, 0.2) is 0 Å². The molecule has 1 aromatic heterocycles. The third-order valence-electron chi connectivity index (χ3n) is 2.69. The predicted molar refractivity (Wildman–Crippen MR) is 70.9 cm³/mol. The first-order valence-corrected chi connectivity index (χ1v) is 6.13. The Bertz CT molecular complexity index is 505. The van der Waals surface area contributed by atoms with Crippen LogP contribution in [0.15, 0.2) is 30.6 Å². The van der Waals surface area contributed by atoms with E-state index in [0.29, 0.717) is 11.6 Å².